The quantitative estimate of drug-likeness (QED) is 0.787. The summed E-state index contributed by atoms with van der Waals surface area (Å²) in [6.07, 6.45) is 0. The van der Waals surface area contributed by atoms with Crippen LogP contribution in [-0.2, 0) is 6.54 Å². The fourth-order valence-electron chi connectivity index (χ4n) is 3.20. The van der Waals surface area contributed by atoms with Crippen LogP contribution in [0, 0.1) is 5.82 Å². The first-order valence-electron chi connectivity index (χ1n) is 8.04. The number of hydrogen-bond donors (Lipinski definition) is 1. The van der Waals surface area contributed by atoms with Crippen molar-refractivity contribution in [3.8, 4) is 0 Å². The molecule has 24 heavy (non-hydrogen) atoms. The maximum Gasteiger partial charge on any atom is 0.125 e. The van der Waals surface area contributed by atoms with Gasteiger partial charge in [-0.2, -0.15) is 5.10 Å². The number of H-pyrrole nitrogens is 1. The Morgan fingerprint density at radius 2 is 1.79 bits per heavy atom. The number of aromatic amines is 1. The first-order chi connectivity index (χ1) is 11.7. The predicted octanol–water partition coefficient (Wildman–Crippen LogP) is 3.68. The van der Waals surface area contributed by atoms with Gasteiger partial charge in [-0.25, -0.2) is 4.39 Å². The fraction of sp³-hybridized carbons (Fsp3) is 0.278. The molecule has 0 unspecified atom stereocenters. The number of nitrogens with zero attached hydrogens (tertiary/aromatic N) is 3. The number of hydrogen-bond acceptors (Lipinski definition) is 3. The van der Waals surface area contributed by atoms with Crippen LogP contribution in [0.1, 0.15) is 5.69 Å². The Balaban J connectivity index is 1.41. The number of benzene rings is 2. The molecule has 1 N–H and O–H groups in total. The summed E-state index contributed by atoms with van der Waals surface area (Å²) in [7, 11) is 0. The molecule has 4 nitrogen and oxygen atoms in total. The molecule has 0 spiro atoms. The zero-order chi connectivity index (χ0) is 16.5. The van der Waals surface area contributed by atoms with Crippen molar-refractivity contribution >= 4 is 28.2 Å². The van der Waals surface area contributed by atoms with E-state index in [1.807, 2.05) is 12.1 Å². The molecule has 2 aromatic carbocycles. The van der Waals surface area contributed by atoms with Gasteiger partial charge in [0.25, 0.3) is 0 Å². The monoisotopic (exact) mass is 344 g/mol. The highest BCUT2D eigenvalue weighted by Crippen LogP contribution is 2.22. The molecule has 1 fully saturated rings. The minimum Gasteiger partial charge on any atom is -0.369 e. The predicted molar refractivity (Wildman–Crippen MR) is 95.0 cm³/mol. The zero-order valence-corrected chi connectivity index (χ0v) is 13.9. The maximum atomic E-state index is 13.3. The Hall–Kier alpha value is -2.11. The van der Waals surface area contributed by atoms with E-state index in [9.17, 15) is 4.39 Å². The normalized spacial score (nSPS) is 16.0. The third-order valence-electron chi connectivity index (χ3n) is 4.54. The molecule has 1 saturated heterocycles. The molecule has 1 aliphatic rings. The summed E-state index contributed by atoms with van der Waals surface area (Å²) >= 11 is 5.95. The van der Waals surface area contributed by atoms with E-state index in [-0.39, 0.29) is 5.82 Å². The summed E-state index contributed by atoms with van der Waals surface area (Å²) < 4.78 is 13.3. The van der Waals surface area contributed by atoms with Crippen molar-refractivity contribution in [3.63, 3.8) is 0 Å². The molecule has 1 aliphatic heterocycles. The average Bonchev–Trinajstić information content (AvgIpc) is 2.98. The number of nitrogens with one attached hydrogen (secondary N) is 1. The smallest absolute Gasteiger partial charge is 0.125 e. The third kappa shape index (κ3) is 3.09. The number of rotatable bonds is 3. The SMILES string of the molecule is Fc1ccc2c(CN3CCN(c4ccc(Cl)cc4)CC3)n[nH]c2c1. The topological polar surface area (TPSA) is 35.2 Å². The van der Waals surface area contributed by atoms with Gasteiger partial charge in [0, 0.05) is 48.8 Å². The minimum absolute atomic E-state index is 0.241. The van der Waals surface area contributed by atoms with Crippen molar-refractivity contribution in [1.82, 2.24) is 15.1 Å². The van der Waals surface area contributed by atoms with Crippen molar-refractivity contribution in [3.05, 3.63) is 59.0 Å². The van der Waals surface area contributed by atoms with Crippen molar-refractivity contribution < 1.29 is 4.39 Å². The van der Waals surface area contributed by atoms with Gasteiger partial charge in [-0.1, -0.05) is 11.6 Å². The lowest BCUT2D eigenvalue weighted by Crippen LogP contribution is -2.46. The molecule has 2 heterocycles. The lowest BCUT2D eigenvalue weighted by atomic mass is 10.2. The Labute approximate surface area is 144 Å². The van der Waals surface area contributed by atoms with Crippen molar-refractivity contribution in [1.29, 1.82) is 0 Å². The second-order valence-corrected chi connectivity index (χ2v) is 6.54. The van der Waals surface area contributed by atoms with Crippen molar-refractivity contribution in [2.75, 3.05) is 31.1 Å². The summed E-state index contributed by atoms with van der Waals surface area (Å²) in [5.41, 5.74) is 2.94. The summed E-state index contributed by atoms with van der Waals surface area (Å²) in [4.78, 5) is 4.75. The van der Waals surface area contributed by atoms with Crippen LogP contribution >= 0.6 is 11.6 Å². The molecule has 1 aromatic heterocycles. The lowest BCUT2D eigenvalue weighted by Gasteiger charge is -2.35. The van der Waals surface area contributed by atoms with Crippen LogP contribution in [0.4, 0.5) is 10.1 Å². The molecule has 0 saturated carbocycles. The Morgan fingerprint density at radius 1 is 1.04 bits per heavy atom. The molecule has 0 aliphatic carbocycles. The van der Waals surface area contributed by atoms with Crippen LogP contribution in [0.3, 0.4) is 0 Å². The van der Waals surface area contributed by atoms with Gasteiger partial charge in [-0.3, -0.25) is 10.00 Å². The number of fused-ring (bicyclic) bond motifs is 1. The first-order valence-corrected chi connectivity index (χ1v) is 8.42. The van der Waals surface area contributed by atoms with E-state index in [0.29, 0.717) is 0 Å². The van der Waals surface area contributed by atoms with Crippen molar-refractivity contribution in [2.24, 2.45) is 0 Å². The van der Waals surface area contributed by atoms with Gasteiger partial charge in [0.15, 0.2) is 0 Å². The molecule has 124 valence electrons. The molecule has 0 atom stereocenters. The maximum absolute atomic E-state index is 13.3. The van der Waals surface area contributed by atoms with Gasteiger partial charge in [-0.15, -0.1) is 0 Å². The lowest BCUT2D eigenvalue weighted by molar-refractivity contribution is 0.248. The van der Waals surface area contributed by atoms with Gasteiger partial charge < -0.3 is 4.90 Å². The third-order valence-corrected chi connectivity index (χ3v) is 4.79. The fourth-order valence-corrected chi connectivity index (χ4v) is 3.32. The Morgan fingerprint density at radius 3 is 2.54 bits per heavy atom. The van der Waals surface area contributed by atoms with Gasteiger partial charge in [-0.05, 0) is 42.5 Å². The van der Waals surface area contributed by atoms with E-state index < -0.39 is 0 Å². The Bertz CT molecular complexity index is 838. The highest BCUT2D eigenvalue weighted by Gasteiger charge is 2.19. The highest BCUT2D eigenvalue weighted by atomic mass is 35.5. The van der Waals surface area contributed by atoms with E-state index in [1.54, 1.807) is 6.07 Å². The summed E-state index contributed by atoms with van der Waals surface area (Å²) in [6, 6.07) is 12.8. The van der Waals surface area contributed by atoms with Crippen LogP contribution in [0.5, 0.6) is 0 Å². The Kier molecular flexibility index (Phi) is 4.12. The molecular formula is C18H18ClFN4. The van der Waals surface area contributed by atoms with Crippen molar-refractivity contribution in [2.45, 2.75) is 6.54 Å². The van der Waals surface area contributed by atoms with Crippen LogP contribution in [0.25, 0.3) is 10.9 Å². The minimum atomic E-state index is -0.241. The van der Waals surface area contributed by atoms with Crippen LogP contribution < -0.4 is 4.90 Å². The van der Waals surface area contributed by atoms with Gasteiger partial charge in [0.2, 0.25) is 0 Å². The molecule has 4 rings (SSSR count). The summed E-state index contributed by atoms with van der Waals surface area (Å²) in [6.45, 7) is 4.66. The number of halogens is 2. The van der Waals surface area contributed by atoms with Crippen LogP contribution in [0.2, 0.25) is 5.02 Å². The zero-order valence-electron chi connectivity index (χ0n) is 13.2. The van der Waals surface area contributed by atoms with Crippen LogP contribution in [-0.4, -0.2) is 41.3 Å². The molecule has 0 radical (unpaired) electrons. The number of piperazine rings is 1. The molecule has 0 bridgehead atoms. The summed E-state index contributed by atoms with van der Waals surface area (Å²) in [5.74, 6) is -0.241. The number of aromatic nitrogens is 2. The summed E-state index contributed by atoms with van der Waals surface area (Å²) in [5, 5.41) is 9.03. The van der Waals surface area contributed by atoms with Gasteiger partial charge in [0.05, 0.1) is 11.2 Å². The van der Waals surface area contributed by atoms with Crippen LogP contribution in [0.15, 0.2) is 42.5 Å². The number of anilines is 1. The highest BCUT2D eigenvalue weighted by molar-refractivity contribution is 6.30. The second-order valence-electron chi connectivity index (χ2n) is 6.10. The standard InChI is InChI=1S/C18H18ClFN4/c19-13-1-4-15(5-2-13)24-9-7-23(8-10-24)12-18-16-6-3-14(20)11-17(16)21-22-18/h1-6,11H,7-10,12H2,(H,21,22). The van der Waals surface area contributed by atoms with E-state index in [1.165, 1.54) is 17.8 Å². The van der Waals surface area contributed by atoms with Gasteiger partial charge in [0.1, 0.15) is 5.82 Å². The van der Waals surface area contributed by atoms with E-state index in [2.05, 4.69) is 32.1 Å². The van der Waals surface area contributed by atoms with E-state index in [4.69, 9.17) is 11.6 Å². The molecule has 0 amide bonds. The second kappa shape index (κ2) is 6.42. The molecule has 3 aromatic rings. The van der Waals surface area contributed by atoms with E-state index >= 15 is 0 Å². The molecular weight excluding hydrogens is 327 g/mol. The first kappa shape index (κ1) is 15.4. The average molecular weight is 345 g/mol. The molecule has 6 heteroatoms. The van der Waals surface area contributed by atoms with E-state index in [0.717, 1.165) is 54.3 Å². The largest absolute Gasteiger partial charge is 0.369 e. The van der Waals surface area contributed by atoms with Gasteiger partial charge >= 0.3 is 0 Å².